The van der Waals surface area contributed by atoms with E-state index in [4.69, 9.17) is 9.84 Å². The summed E-state index contributed by atoms with van der Waals surface area (Å²) in [6.45, 7) is 0.360. The number of nitrogens with zero attached hydrogens (tertiary/aromatic N) is 1. The molecule has 1 saturated heterocycles. The molecule has 2 fully saturated rings. The van der Waals surface area contributed by atoms with Crippen LogP contribution in [0.1, 0.15) is 12.8 Å². The molecule has 92 valence electrons. The van der Waals surface area contributed by atoms with Crippen molar-refractivity contribution in [3.05, 3.63) is 0 Å². The summed E-state index contributed by atoms with van der Waals surface area (Å²) in [5, 5.41) is 8.94. The maximum absolute atomic E-state index is 12.0. The number of carboxylic acid groups (broad SMARTS) is 1. The summed E-state index contributed by atoms with van der Waals surface area (Å²) in [5.41, 5.74) is 0. The molecule has 0 amide bonds. The van der Waals surface area contributed by atoms with Crippen LogP contribution in [0.5, 0.6) is 0 Å². The maximum atomic E-state index is 12.0. The monoisotopic (exact) mass is 249 g/mol. The zero-order valence-electron chi connectivity index (χ0n) is 8.83. The number of hydrogen-bond acceptors (Lipinski definition) is 4. The van der Waals surface area contributed by atoms with Gasteiger partial charge < -0.3 is 9.84 Å². The minimum atomic E-state index is -3.44. The normalized spacial score (nSPS) is 27.9. The second kappa shape index (κ2) is 4.31. The van der Waals surface area contributed by atoms with Crippen molar-refractivity contribution in [2.75, 3.05) is 25.5 Å². The third kappa shape index (κ3) is 2.53. The number of sulfonamides is 1. The highest BCUT2D eigenvalue weighted by Gasteiger charge is 2.40. The van der Waals surface area contributed by atoms with Gasteiger partial charge in [0.05, 0.1) is 19.0 Å². The third-order valence-corrected chi connectivity index (χ3v) is 4.91. The predicted molar refractivity (Wildman–Crippen MR) is 55.5 cm³/mol. The van der Waals surface area contributed by atoms with Crippen molar-refractivity contribution in [2.24, 2.45) is 5.92 Å². The SMILES string of the molecule is O=C(O)C1COCCN1S(=O)(=O)CC1CC1. The summed E-state index contributed by atoms with van der Waals surface area (Å²) in [5.74, 6) is -0.835. The van der Waals surface area contributed by atoms with Gasteiger partial charge in [0, 0.05) is 6.54 Å². The van der Waals surface area contributed by atoms with Crippen LogP contribution in [-0.2, 0) is 19.6 Å². The van der Waals surface area contributed by atoms with Crippen LogP contribution in [-0.4, -0.2) is 55.4 Å². The Hall–Kier alpha value is -0.660. The molecule has 2 rings (SSSR count). The van der Waals surface area contributed by atoms with Crippen molar-refractivity contribution in [3.63, 3.8) is 0 Å². The highest BCUT2D eigenvalue weighted by Crippen LogP contribution is 2.31. The lowest BCUT2D eigenvalue weighted by Crippen LogP contribution is -2.53. The van der Waals surface area contributed by atoms with Gasteiger partial charge in [-0.3, -0.25) is 4.79 Å². The van der Waals surface area contributed by atoms with E-state index in [0.717, 1.165) is 17.1 Å². The standard InChI is InChI=1S/C9H15NO5S/c11-9(12)8-5-15-4-3-10(8)16(13,14)6-7-1-2-7/h7-8H,1-6H2,(H,11,12). The van der Waals surface area contributed by atoms with E-state index in [1.54, 1.807) is 0 Å². The lowest BCUT2D eigenvalue weighted by Gasteiger charge is -2.31. The second-order valence-corrected chi connectivity index (χ2v) is 6.23. The number of rotatable bonds is 4. The first-order valence-electron chi connectivity index (χ1n) is 5.31. The molecule has 6 nitrogen and oxygen atoms in total. The van der Waals surface area contributed by atoms with Crippen molar-refractivity contribution in [1.82, 2.24) is 4.31 Å². The molecule has 0 spiro atoms. The van der Waals surface area contributed by atoms with Crippen LogP contribution in [0.25, 0.3) is 0 Å². The van der Waals surface area contributed by atoms with Gasteiger partial charge in [0.2, 0.25) is 10.0 Å². The lowest BCUT2D eigenvalue weighted by molar-refractivity contribution is -0.146. The van der Waals surface area contributed by atoms with Crippen molar-refractivity contribution >= 4 is 16.0 Å². The molecule has 7 heteroatoms. The molecule has 0 aromatic carbocycles. The van der Waals surface area contributed by atoms with E-state index in [1.165, 1.54) is 0 Å². The van der Waals surface area contributed by atoms with Gasteiger partial charge in [0.25, 0.3) is 0 Å². The predicted octanol–water partition coefficient (Wildman–Crippen LogP) is -0.488. The number of morpholine rings is 1. The first-order chi connectivity index (χ1) is 7.50. The van der Waals surface area contributed by atoms with Crippen molar-refractivity contribution in [3.8, 4) is 0 Å². The van der Waals surface area contributed by atoms with Gasteiger partial charge in [-0.15, -0.1) is 0 Å². The average molecular weight is 249 g/mol. The fourth-order valence-corrected chi connectivity index (χ4v) is 3.81. The molecule has 1 heterocycles. The Balaban J connectivity index is 2.11. The zero-order chi connectivity index (χ0) is 11.8. The minimum Gasteiger partial charge on any atom is -0.480 e. The molecule has 2 aliphatic rings. The summed E-state index contributed by atoms with van der Waals surface area (Å²) in [6.07, 6.45) is 1.86. The van der Waals surface area contributed by atoms with Crippen LogP contribution in [0, 0.1) is 5.92 Å². The molecular weight excluding hydrogens is 234 g/mol. The van der Waals surface area contributed by atoms with Crippen LogP contribution in [0.3, 0.4) is 0 Å². The Morgan fingerprint density at radius 2 is 2.12 bits per heavy atom. The van der Waals surface area contributed by atoms with Gasteiger partial charge in [-0.2, -0.15) is 4.31 Å². The molecular formula is C9H15NO5S. The number of aliphatic carboxylic acids is 1. The second-order valence-electron chi connectivity index (χ2n) is 4.26. The highest BCUT2D eigenvalue weighted by molar-refractivity contribution is 7.89. The van der Waals surface area contributed by atoms with E-state index >= 15 is 0 Å². The van der Waals surface area contributed by atoms with Gasteiger partial charge in [0.15, 0.2) is 0 Å². The van der Waals surface area contributed by atoms with Crippen molar-refractivity contribution in [2.45, 2.75) is 18.9 Å². The molecule has 1 aliphatic carbocycles. The molecule has 0 aromatic heterocycles. The minimum absolute atomic E-state index is 0.0563. The van der Waals surface area contributed by atoms with Crippen LogP contribution < -0.4 is 0 Å². The number of carbonyl (C=O) groups is 1. The van der Waals surface area contributed by atoms with Gasteiger partial charge in [-0.1, -0.05) is 0 Å². The molecule has 16 heavy (non-hydrogen) atoms. The first kappa shape index (κ1) is 11.8. The van der Waals surface area contributed by atoms with E-state index in [0.29, 0.717) is 0 Å². The average Bonchev–Trinajstić information content (AvgIpc) is 3.01. The molecule has 0 radical (unpaired) electrons. The Morgan fingerprint density at radius 3 is 2.69 bits per heavy atom. The molecule has 1 aliphatic heterocycles. The molecule has 1 unspecified atom stereocenters. The topological polar surface area (TPSA) is 83.9 Å². The van der Waals surface area contributed by atoms with Gasteiger partial charge >= 0.3 is 5.97 Å². The Kier molecular flexibility index (Phi) is 3.18. The first-order valence-corrected chi connectivity index (χ1v) is 6.91. The fraction of sp³-hybridized carbons (Fsp3) is 0.889. The van der Waals surface area contributed by atoms with E-state index in [2.05, 4.69) is 0 Å². The summed E-state index contributed by atoms with van der Waals surface area (Å²) in [6, 6.07) is -1.06. The number of hydrogen-bond donors (Lipinski definition) is 1. The van der Waals surface area contributed by atoms with Crippen LogP contribution in [0.4, 0.5) is 0 Å². The van der Waals surface area contributed by atoms with E-state index in [-0.39, 0.29) is 31.4 Å². The van der Waals surface area contributed by atoms with Crippen molar-refractivity contribution < 1.29 is 23.1 Å². The Morgan fingerprint density at radius 1 is 1.44 bits per heavy atom. The van der Waals surface area contributed by atoms with Gasteiger partial charge in [-0.25, -0.2) is 8.42 Å². The molecule has 0 aromatic rings. The lowest BCUT2D eigenvalue weighted by atomic mass is 10.3. The fourth-order valence-electron chi connectivity index (χ4n) is 1.79. The van der Waals surface area contributed by atoms with Crippen LogP contribution in [0.2, 0.25) is 0 Å². The quantitative estimate of drug-likeness (QED) is 0.727. The maximum Gasteiger partial charge on any atom is 0.324 e. The molecule has 1 N–H and O–H groups in total. The van der Waals surface area contributed by atoms with Crippen LogP contribution in [0.15, 0.2) is 0 Å². The van der Waals surface area contributed by atoms with E-state index in [1.807, 2.05) is 0 Å². The Labute approximate surface area is 94.2 Å². The summed E-state index contributed by atoms with van der Waals surface area (Å²) in [7, 11) is -3.44. The number of carboxylic acids is 1. The Bertz CT molecular complexity index is 375. The summed E-state index contributed by atoms with van der Waals surface area (Å²) in [4.78, 5) is 10.9. The molecule has 1 saturated carbocycles. The van der Waals surface area contributed by atoms with E-state index in [9.17, 15) is 13.2 Å². The number of ether oxygens (including phenoxy) is 1. The third-order valence-electron chi connectivity index (χ3n) is 2.86. The largest absolute Gasteiger partial charge is 0.480 e. The molecule has 1 atom stereocenters. The molecule has 0 bridgehead atoms. The van der Waals surface area contributed by atoms with Gasteiger partial charge in [-0.05, 0) is 18.8 Å². The summed E-state index contributed by atoms with van der Waals surface area (Å²) < 4.78 is 30.0. The highest BCUT2D eigenvalue weighted by atomic mass is 32.2. The summed E-state index contributed by atoms with van der Waals surface area (Å²) >= 11 is 0. The zero-order valence-corrected chi connectivity index (χ0v) is 9.65. The smallest absolute Gasteiger partial charge is 0.324 e. The van der Waals surface area contributed by atoms with Crippen molar-refractivity contribution in [1.29, 1.82) is 0 Å². The van der Waals surface area contributed by atoms with E-state index < -0.39 is 22.0 Å². The van der Waals surface area contributed by atoms with Gasteiger partial charge in [0.1, 0.15) is 6.04 Å². The van der Waals surface area contributed by atoms with Crippen LogP contribution >= 0.6 is 0 Å².